The number of rotatable bonds is 18. The van der Waals surface area contributed by atoms with Crippen molar-refractivity contribution in [3.8, 4) is 0 Å². The summed E-state index contributed by atoms with van der Waals surface area (Å²) < 4.78 is 46.5. The minimum atomic E-state index is -1.03. The third kappa shape index (κ3) is 12.4. The second-order valence-electron chi connectivity index (χ2n) is 12.6. The molecule has 0 aliphatic carbocycles. The fraction of sp³-hybridized carbons (Fsp3) is 0.459. The molecule has 7 nitrogen and oxygen atoms in total. The van der Waals surface area contributed by atoms with Gasteiger partial charge in [0, 0.05) is 25.1 Å². The molecule has 5 atom stereocenters. The first-order chi connectivity index (χ1) is 22.4. The number of nitrogens with one attached hydrogen (secondary N) is 3. The third-order valence-corrected chi connectivity index (χ3v) is 8.41. The van der Waals surface area contributed by atoms with Crippen molar-refractivity contribution < 1.29 is 32.6 Å². The van der Waals surface area contributed by atoms with Gasteiger partial charge in [-0.3, -0.25) is 9.59 Å². The highest BCUT2D eigenvalue weighted by molar-refractivity contribution is 5.88. The van der Waals surface area contributed by atoms with Crippen LogP contribution in [0.25, 0.3) is 0 Å². The molecule has 0 fully saturated rings. The van der Waals surface area contributed by atoms with Crippen molar-refractivity contribution in [2.75, 3.05) is 6.61 Å². The Bertz CT molecular complexity index is 1420. The SMILES string of the molecule is CC[C@H](C)[C@H](NC(=O)[C@@H](C[C@H](O)[C@H](COCc1cc(F)cc(F)c1)NCc1cccc(C)c1)C(C)C)C(=O)NCc1ccc(F)cc1. The van der Waals surface area contributed by atoms with E-state index in [-0.39, 0.29) is 55.6 Å². The second kappa shape index (κ2) is 18.6. The van der Waals surface area contributed by atoms with Crippen molar-refractivity contribution in [1.82, 2.24) is 16.0 Å². The summed E-state index contributed by atoms with van der Waals surface area (Å²) in [6.45, 7) is 10.1. The van der Waals surface area contributed by atoms with Crippen molar-refractivity contribution in [3.05, 3.63) is 106 Å². The summed E-state index contributed by atoms with van der Waals surface area (Å²) in [6, 6.07) is 15.5. The van der Waals surface area contributed by atoms with E-state index in [9.17, 15) is 27.9 Å². The van der Waals surface area contributed by atoms with E-state index in [1.165, 1.54) is 24.3 Å². The third-order valence-electron chi connectivity index (χ3n) is 8.41. The van der Waals surface area contributed by atoms with Crippen LogP contribution in [-0.2, 0) is 34.0 Å². The van der Waals surface area contributed by atoms with Gasteiger partial charge in [0.25, 0.3) is 0 Å². The number of benzene rings is 3. The van der Waals surface area contributed by atoms with E-state index in [0.717, 1.165) is 22.8 Å². The van der Waals surface area contributed by atoms with Crippen LogP contribution in [0.4, 0.5) is 13.2 Å². The molecule has 0 aromatic heterocycles. The molecule has 0 aliphatic heterocycles. The molecule has 2 amide bonds. The molecular formula is C37H48F3N3O4. The number of aryl methyl sites for hydroxylation is 1. The second-order valence-corrected chi connectivity index (χ2v) is 12.6. The smallest absolute Gasteiger partial charge is 0.243 e. The van der Waals surface area contributed by atoms with E-state index < -0.39 is 35.7 Å². The molecule has 0 saturated carbocycles. The average Bonchev–Trinajstić information content (AvgIpc) is 3.02. The molecule has 0 aliphatic rings. The summed E-state index contributed by atoms with van der Waals surface area (Å²) in [5.41, 5.74) is 3.13. The highest BCUT2D eigenvalue weighted by Gasteiger charge is 2.33. The molecular weight excluding hydrogens is 607 g/mol. The van der Waals surface area contributed by atoms with E-state index in [2.05, 4.69) is 16.0 Å². The van der Waals surface area contributed by atoms with Gasteiger partial charge in [-0.2, -0.15) is 0 Å². The van der Waals surface area contributed by atoms with Gasteiger partial charge in [-0.05, 0) is 66.1 Å². The molecule has 4 N–H and O–H groups in total. The average molecular weight is 656 g/mol. The molecule has 0 bridgehead atoms. The molecule has 47 heavy (non-hydrogen) atoms. The highest BCUT2D eigenvalue weighted by Crippen LogP contribution is 2.22. The van der Waals surface area contributed by atoms with Crippen molar-refractivity contribution in [1.29, 1.82) is 0 Å². The van der Waals surface area contributed by atoms with E-state index in [1.54, 1.807) is 12.1 Å². The normalized spacial score (nSPS) is 14.7. The van der Waals surface area contributed by atoms with Crippen LogP contribution in [0.15, 0.2) is 66.7 Å². The standard InChI is InChI=1S/C37H48F3N3O4/c1-6-25(5)35(37(46)42-19-26-10-12-29(38)13-11-26)43-36(45)32(23(2)3)18-34(44)33(41-20-27-9-7-8-24(4)14-27)22-47-21-28-15-30(39)17-31(40)16-28/h7-17,23,25,32-35,41,44H,6,18-22H2,1-5H3,(H,42,46)(H,43,45)/t25-,32-,33-,34-,35-/m0/s1. The number of halogens is 3. The lowest BCUT2D eigenvalue weighted by Gasteiger charge is -2.31. The Kier molecular flexibility index (Phi) is 14.9. The Labute approximate surface area is 276 Å². The lowest BCUT2D eigenvalue weighted by atomic mass is 9.86. The summed E-state index contributed by atoms with van der Waals surface area (Å²) in [6.07, 6.45) is -0.310. The molecule has 0 spiro atoms. The van der Waals surface area contributed by atoms with Gasteiger partial charge in [0.15, 0.2) is 0 Å². The maximum Gasteiger partial charge on any atom is 0.243 e. The van der Waals surface area contributed by atoms with Crippen molar-refractivity contribution in [2.24, 2.45) is 17.8 Å². The van der Waals surface area contributed by atoms with Crippen molar-refractivity contribution >= 4 is 11.8 Å². The van der Waals surface area contributed by atoms with Gasteiger partial charge in [0.1, 0.15) is 23.5 Å². The van der Waals surface area contributed by atoms with Gasteiger partial charge in [0.05, 0.1) is 25.4 Å². The van der Waals surface area contributed by atoms with Gasteiger partial charge in [-0.25, -0.2) is 13.2 Å². The van der Waals surface area contributed by atoms with Crippen LogP contribution in [-0.4, -0.2) is 41.7 Å². The number of carbonyl (C=O) groups excluding carboxylic acids is 2. The maximum atomic E-state index is 13.7. The van der Waals surface area contributed by atoms with Crippen LogP contribution >= 0.6 is 0 Å². The number of amides is 2. The van der Waals surface area contributed by atoms with Crippen molar-refractivity contribution in [3.63, 3.8) is 0 Å². The first-order valence-corrected chi connectivity index (χ1v) is 16.2. The molecule has 3 aromatic carbocycles. The lowest BCUT2D eigenvalue weighted by molar-refractivity contribution is -0.134. The van der Waals surface area contributed by atoms with Crippen LogP contribution in [0.3, 0.4) is 0 Å². The van der Waals surface area contributed by atoms with Crippen LogP contribution < -0.4 is 16.0 Å². The number of ether oxygens (including phenoxy) is 1. The Balaban J connectivity index is 1.70. The summed E-state index contributed by atoms with van der Waals surface area (Å²) in [5.74, 6) is -3.45. The van der Waals surface area contributed by atoms with E-state index in [1.807, 2.05) is 58.9 Å². The van der Waals surface area contributed by atoms with E-state index in [4.69, 9.17) is 4.74 Å². The maximum absolute atomic E-state index is 13.7. The van der Waals surface area contributed by atoms with Gasteiger partial charge < -0.3 is 25.8 Å². The Morgan fingerprint density at radius 3 is 2.13 bits per heavy atom. The van der Waals surface area contributed by atoms with Gasteiger partial charge in [0.2, 0.25) is 11.8 Å². The first-order valence-electron chi connectivity index (χ1n) is 16.2. The van der Waals surface area contributed by atoms with Gasteiger partial charge in [-0.15, -0.1) is 0 Å². The summed E-state index contributed by atoms with van der Waals surface area (Å²) in [4.78, 5) is 26.9. The minimum absolute atomic E-state index is 0.0127. The number of carbonyl (C=O) groups is 2. The lowest BCUT2D eigenvalue weighted by Crippen LogP contribution is -2.53. The largest absolute Gasteiger partial charge is 0.391 e. The quantitative estimate of drug-likeness (QED) is 0.136. The zero-order chi connectivity index (χ0) is 34.5. The predicted octanol–water partition coefficient (Wildman–Crippen LogP) is 5.96. The number of aliphatic hydroxyl groups excluding tert-OH is 1. The van der Waals surface area contributed by atoms with Crippen LogP contribution in [0.2, 0.25) is 0 Å². The van der Waals surface area contributed by atoms with Gasteiger partial charge in [-0.1, -0.05) is 76.1 Å². The Hall–Kier alpha value is -3.73. The van der Waals surface area contributed by atoms with Crippen LogP contribution in [0.1, 0.15) is 62.8 Å². The number of hydrogen-bond donors (Lipinski definition) is 4. The van der Waals surface area contributed by atoms with E-state index >= 15 is 0 Å². The molecule has 0 heterocycles. The fourth-order valence-corrected chi connectivity index (χ4v) is 5.35. The molecule has 256 valence electrons. The first kappa shape index (κ1) is 37.7. The monoisotopic (exact) mass is 655 g/mol. The summed E-state index contributed by atoms with van der Waals surface area (Å²) in [5, 5.41) is 20.6. The van der Waals surface area contributed by atoms with Crippen molar-refractivity contribution in [2.45, 2.75) is 85.3 Å². The molecule has 3 rings (SSSR count). The minimum Gasteiger partial charge on any atom is -0.391 e. The number of hydrogen-bond acceptors (Lipinski definition) is 5. The van der Waals surface area contributed by atoms with Crippen LogP contribution in [0.5, 0.6) is 0 Å². The predicted molar refractivity (Wildman–Crippen MR) is 176 cm³/mol. The van der Waals surface area contributed by atoms with Crippen LogP contribution in [0, 0.1) is 42.1 Å². The zero-order valence-corrected chi connectivity index (χ0v) is 27.9. The number of aliphatic hydroxyl groups is 1. The Morgan fingerprint density at radius 2 is 1.51 bits per heavy atom. The molecule has 0 saturated heterocycles. The summed E-state index contributed by atoms with van der Waals surface area (Å²) in [7, 11) is 0. The molecule has 10 heteroatoms. The highest BCUT2D eigenvalue weighted by atomic mass is 19.1. The fourth-order valence-electron chi connectivity index (χ4n) is 5.35. The van der Waals surface area contributed by atoms with E-state index in [0.29, 0.717) is 18.5 Å². The van der Waals surface area contributed by atoms with Gasteiger partial charge >= 0.3 is 0 Å². The molecule has 3 aromatic rings. The molecule has 0 unspecified atom stereocenters. The zero-order valence-electron chi connectivity index (χ0n) is 27.9. The molecule has 0 radical (unpaired) electrons. The Morgan fingerprint density at radius 1 is 0.830 bits per heavy atom. The summed E-state index contributed by atoms with van der Waals surface area (Å²) >= 11 is 0. The topological polar surface area (TPSA) is 99.7 Å².